The smallest absolute Gasteiger partial charge is 0.212 e. The van der Waals surface area contributed by atoms with E-state index in [1.54, 1.807) is 17.4 Å². The number of hydrogen-bond acceptors (Lipinski definition) is 7. The monoisotopic (exact) mass is 445 g/mol. The quantitative estimate of drug-likeness (QED) is 0.450. The third kappa shape index (κ3) is 4.55. The molecule has 164 valence electrons. The number of nitrogens with zero attached hydrogens (tertiary/aromatic N) is 1. The van der Waals surface area contributed by atoms with Gasteiger partial charge in [-0.1, -0.05) is 18.2 Å². The Hall–Kier alpha value is -2.20. The number of benzene rings is 1. The van der Waals surface area contributed by atoms with Crippen molar-refractivity contribution in [1.29, 1.82) is 0 Å². The predicted octanol–water partition coefficient (Wildman–Crippen LogP) is 2.36. The van der Waals surface area contributed by atoms with Crippen molar-refractivity contribution in [2.75, 3.05) is 6.61 Å². The van der Waals surface area contributed by atoms with Gasteiger partial charge in [-0.15, -0.1) is 11.3 Å². The van der Waals surface area contributed by atoms with Crippen LogP contribution in [-0.4, -0.2) is 56.4 Å². The number of hydrogen-bond donors (Lipinski definition) is 4. The summed E-state index contributed by atoms with van der Waals surface area (Å²) >= 11 is 1.59. The summed E-state index contributed by atoms with van der Waals surface area (Å²) in [6.45, 7) is 1.53. The van der Waals surface area contributed by atoms with Gasteiger partial charge in [0, 0.05) is 27.9 Å². The average Bonchev–Trinajstić information content (AvgIpc) is 3.23. The molecule has 4 N–H and O–H groups in total. The van der Waals surface area contributed by atoms with Crippen LogP contribution in [0.4, 0.5) is 4.39 Å². The highest BCUT2D eigenvalue weighted by Gasteiger charge is 2.43. The van der Waals surface area contributed by atoms with Gasteiger partial charge in [0.1, 0.15) is 30.5 Å². The zero-order valence-electron chi connectivity index (χ0n) is 16.9. The lowest BCUT2D eigenvalue weighted by atomic mass is 9.89. The van der Waals surface area contributed by atoms with E-state index in [2.05, 4.69) is 4.98 Å². The SMILES string of the molecule is Cc1ccc([C@@H]2O[C@H](CO)[C@@H](O)[C@H](O)[C@H]2O)cc1Cc1ccc(-c2ccc(F)nc2)s1. The van der Waals surface area contributed by atoms with E-state index in [-0.39, 0.29) is 0 Å². The summed E-state index contributed by atoms with van der Waals surface area (Å²) in [4.78, 5) is 5.80. The lowest BCUT2D eigenvalue weighted by Crippen LogP contribution is -2.55. The number of halogens is 1. The van der Waals surface area contributed by atoms with Gasteiger partial charge in [-0.05, 0) is 47.9 Å². The van der Waals surface area contributed by atoms with E-state index in [4.69, 9.17) is 4.74 Å². The van der Waals surface area contributed by atoms with E-state index in [1.165, 1.54) is 12.3 Å². The summed E-state index contributed by atoms with van der Waals surface area (Å²) in [7, 11) is 0. The van der Waals surface area contributed by atoms with Crippen LogP contribution in [0.3, 0.4) is 0 Å². The summed E-state index contributed by atoms with van der Waals surface area (Å²) in [5, 5.41) is 40.0. The number of rotatable bonds is 5. The Labute approximate surface area is 183 Å². The van der Waals surface area contributed by atoms with Gasteiger partial charge < -0.3 is 25.2 Å². The standard InChI is InChI=1S/C23H24FNO5S/c1-12-2-3-13(23-22(29)21(28)20(27)17(11-26)30-23)8-15(12)9-16-5-6-18(31-16)14-4-7-19(24)25-10-14/h2-8,10,17,20-23,26-29H,9,11H2,1H3/t17-,20-,21+,22-,23+/m1/s1. The van der Waals surface area contributed by atoms with Gasteiger partial charge in [-0.2, -0.15) is 4.39 Å². The molecule has 1 saturated heterocycles. The third-order valence-electron chi connectivity index (χ3n) is 5.63. The van der Waals surface area contributed by atoms with Crippen molar-refractivity contribution in [3.63, 3.8) is 0 Å². The van der Waals surface area contributed by atoms with Crippen LogP contribution in [0.5, 0.6) is 0 Å². The van der Waals surface area contributed by atoms with Gasteiger partial charge in [0.25, 0.3) is 0 Å². The highest BCUT2D eigenvalue weighted by Crippen LogP contribution is 2.34. The van der Waals surface area contributed by atoms with E-state index >= 15 is 0 Å². The van der Waals surface area contributed by atoms with Crippen LogP contribution < -0.4 is 0 Å². The highest BCUT2D eigenvalue weighted by atomic mass is 32.1. The number of pyridine rings is 1. The first kappa shape index (κ1) is 22.0. The number of aliphatic hydroxyl groups excluding tert-OH is 4. The Morgan fingerprint density at radius 1 is 1.03 bits per heavy atom. The zero-order chi connectivity index (χ0) is 22.1. The molecule has 0 saturated carbocycles. The molecule has 0 bridgehead atoms. The number of aryl methyl sites for hydroxylation is 1. The van der Waals surface area contributed by atoms with Crippen molar-refractivity contribution < 1.29 is 29.6 Å². The Morgan fingerprint density at radius 3 is 2.55 bits per heavy atom. The van der Waals surface area contributed by atoms with Gasteiger partial charge >= 0.3 is 0 Å². The van der Waals surface area contributed by atoms with E-state index in [9.17, 15) is 24.8 Å². The van der Waals surface area contributed by atoms with Crippen molar-refractivity contribution in [3.05, 3.63) is 76.2 Å². The molecule has 0 unspecified atom stereocenters. The minimum absolute atomic E-state index is 0.462. The molecular formula is C23H24FNO5S. The fourth-order valence-electron chi connectivity index (χ4n) is 3.77. The Bertz CT molecular complexity index is 1040. The fraction of sp³-hybridized carbons (Fsp3) is 0.348. The molecule has 4 rings (SSSR count). The molecule has 5 atom stereocenters. The summed E-state index contributed by atoms with van der Waals surface area (Å²) < 4.78 is 18.8. The first-order valence-corrected chi connectivity index (χ1v) is 10.8. The fourth-order valence-corrected chi connectivity index (χ4v) is 4.79. The second-order valence-corrected chi connectivity index (χ2v) is 8.92. The summed E-state index contributed by atoms with van der Waals surface area (Å²) in [5.41, 5.74) is 3.60. The molecule has 0 radical (unpaired) electrons. The van der Waals surface area contributed by atoms with Crippen LogP contribution in [-0.2, 0) is 11.2 Å². The Balaban J connectivity index is 1.57. The van der Waals surface area contributed by atoms with Crippen molar-refractivity contribution in [1.82, 2.24) is 4.98 Å². The molecule has 1 aliphatic rings. The van der Waals surface area contributed by atoms with Crippen LogP contribution >= 0.6 is 11.3 Å². The lowest BCUT2D eigenvalue weighted by Gasteiger charge is -2.40. The molecule has 0 aliphatic carbocycles. The first-order valence-electron chi connectivity index (χ1n) is 9.98. The number of thiophene rings is 1. The molecule has 0 spiro atoms. The Morgan fingerprint density at radius 2 is 1.84 bits per heavy atom. The molecule has 3 heterocycles. The zero-order valence-corrected chi connectivity index (χ0v) is 17.7. The average molecular weight is 446 g/mol. The summed E-state index contributed by atoms with van der Waals surface area (Å²) in [6, 6.07) is 12.7. The molecule has 0 amide bonds. The van der Waals surface area contributed by atoms with E-state index < -0.39 is 43.1 Å². The molecule has 1 fully saturated rings. The molecule has 3 aromatic rings. The van der Waals surface area contributed by atoms with Crippen LogP contribution in [0.25, 0.3) is 10.4 Å². The van der Waals surface area contributed by atoms with Gasteiger partial charge in [0.05, 0.1) is 6.61 Å². The van der Waals surface area contributed by atoms with E-state index in [1.807, 2.05) is 37.3 Å². The van der Waals surface area contributed by atoms with Gasteiger partial charge in [-0.3, -0.25) is 0 Å². The summed E-state index contributed by atoms with van der Waals surface area (Å²) in [5.74, 6) is -0.513. The number of aliphatic hydroxyl groups is 4. The van der Waals surface area contributed by atoms with E-state index in [0.29, 0.717) is 12.0 Å². The molecule has 31 heavy (non-hydrogen) atoms. The normalized spacial score (nSPS) is 26.2. The topological polar surface area (TPSA) is 103 Å². The van der Waals surface area contributed by atoms with Gasteiger partial charge in [0.15, 0.2) is 0 Å². The van der Waals surface area contributed by atoms with Gasteiger partial charge in [-0.25, -0.2) is 4.98 Å². The van der Waals surface area contributed by atoms with E-state index in [0.717, 1.165) is 26.4 Å². The predicted molar refractivity (Wildman–Crippen MR) is 114 cm³/mol. The van der Waals surface area contributed by atoms with Crippen LogP contribution in [0.1, 0.15) is 27.7 Å². The largest absolute Gasteiger partial charge is 0.394 e. The van der Waals surface area contributed by atoms with Gasteiger partial charge in [0.2, 0.25) is 5.95 Å². The lowest BCUT2D eigenvalue weighted by molar-refractivity contribution is -0.231. The molecular weight excluding hydrogens is 421 g/mol. The maximum absolute atomic E-state index is 13.1. The number of aromatic nitrogens is 1. The maximum atomic E-state index is 13.1. The molecule has 1 aliphatic heterocycles. The molecule has 2 aromatic heterocycles. The number of ether oxygens (including phenoxy) is 1. The molecule has 6 nitrogen and oxygen atoms in total. The van der Waals surface area contributed by atoms with Crippen LogP contribution in [0, 0.1) is 12.9 Å². The Kier molecular flexibility index (Phi) is 6.47. The second kappa shape index (κ2) is 9.12. The second-order valence-electron chi connectivity index (χ2n) is 7.75. The highest BCUT2D eigenvalue weighted by molar-refractivity contribution is 7.15. The van der Waals surface area contributed by atoms with Crippen molar-refractivity contribution in [3.8, 4) is 10.4 Å². The molecule has 1 aromatic carbocycles. The van der Waals surface area contributed by atoms with Crippen LogP contribution in [0.2, 0.25) is 0 Å². The third-order valence-corrected chi connectivity index (χ3v) is 6.77. The minimum Gasteiger partial charge on any atom is -0.394 e. The van der Waals surface area contributed by atoms with Crippen LogP contribution in [0.15, 0.2) is 48.7 Å². The van der Waals surface area contributed by atoms with Crippen molar-refractivity contribution in [2.45, 2.75) is 43.9 Å². The molecule has 8 heteroatoms. The summed E-state index contributed by atoms with van der Waals surface area (Å²) in [6.07, 6.45) is -3.76. The van der Waals surface area contributed by atoms with Crippen molar-refractivity contribution >= 4 is 11.3 Å². The van der Waals surface area contributed by atoms with Crippen molar-refractivity contribution in [2.24, 2.45) is 0 Å². The first-order chi connectivity index (χ1) is 14.9. The maximum Gasteiger partial charge on any atom is 0.212 e. The minimum atomic E-state index is -1.41.